The van der Waals surface area contributed by atoms with Crippen molar-refractivity contribution in [3.63, 3.8) is 0 Å². The highest BCUT2D eigenvalue weighted by atomic mass is 19.4. The molecular weight excluding hydrogens is 247 g/mol. The lowest BCUT2D eigenvalue weighted by molar-refractivity contribution is -0.138. The Hall–Kier alpha value is -1.76. The van der Waals surface area contributed by atoms with Crippen molar-refractivity contribution in [1.82, 2.24) is 4.90 Å². The number of nitrogens with one attached hydrogen (secondary N) is 1. The Labute approximate surface area is 103 Å². The molecule has 1 aromatic rings. The molecule has 1 amide bonds. The van der Waals surface area contributed by atoms with Gasteiger partial charge in [-0.1, -0.05) is 0 Å². The number of hydrazine groups is 1. The molecule has 0 aliphatic carbocycles. The smallest absolute Gasteiger partial charge is 0.333 e. The van der Waals surface area contributed by atoms with Gasteiger partial charge >= 0.3 is 6.18 Å². The monoisotopic (exact) mass is 261 g/mol. The summed E-state index contributed by atoms with van der Waals surface area (Å²) in [6.07, 6.45) is -4.40. The number of nitrogens with two attached hydrogens (primary N) is 1. The van der Waals surface area contributed by atoms with Crippen LogP contribution in [0.25, 0.3) is 0 Å². The van der Waals surface area contributed by atoms with E-state index >= 15 is 0 Å². The third-order valence-electron chi connectivity index (χ3n) is 2.39. The van der Waals surface area contributed by atoms with Crippen LogP contribution < -0.4 is 11.3 Å². The standard InChI is InChI=1S/C11H14F3N3O/c1-7-5-8(3-4-9(7)16-15)10(18)17(2)6-11(12,13)14/h3-5,16H,6,15H2,1-2H3. The molecule has 0 unspecified atom stereocenters. The predicted molar refractivity (Wildman–Crippen MR) is 62.0 cm³/mol. The van der Waals surface area contributed by atoms with Crippen molar-refractivity contribution in [2.75, 3.05) is 19.0 Å². The van der Waals surface area contributed by atoms with E-state index in [2.05, 4.69) is 5.43 Å². The number of amides is 1. The van der Waals surface area contributed by atoms with Crippen LogP contribution in [0.5, 0.6) is 0 Å². The molecule has 0 saturated heterocycles. The molecule has 100 valence electrons. The number of carbonyl (C=O) groups excluding carboxylic acids is 1. The van der Waals surface area contributed by atoms with Crippen molar-refractivity contribution in [1.29, 1.82) is 0 Å². The highest BCUT2D eigenvalue weighted by Crippen LogP contribution is 2.19. The Bertz CT molecular complexity index is 446. The zero-order valence-electron chi connectivity index (χ0n) is 10.0. The summed E-state index contributed by atoms with van der Waals surface area (Å²) in [7, 11) is 1.11. The first-order valence-corrected chi connectivity index (χ1v) is 5.14. The molecule has 18 heavy (non-hydrogen) atoms. The Kier molecular flexibility index (Phi) is 4.18. The fourth-order valence-corrected chi connectivity index (χ4v) is 1.52. The number of carbonyl (C=O) groups is 1. The van der Waals surface area contributed by atoms with Gasteiger partial charge in [0.25, 0.3) is 5.91 Å². The van der Waals surface area contributed by atoms with Crippen molar-refractivity contribution < 1.29 is 18.0 Å². The molecule has 4 nitrogen and oxygen atoms in total. The zero-order chi connectivity index (χ0) is 13.9. The number of hydrogen-bond donors (Lipinski definition) is 2. The van der Waals surface area contributed by atoms with Crippen molar-refractivity contribution in [2.24, 2.45) is 5.84 Å². The fraction of sp³-hybridized carbons (Fsp3) is 0.364. The lowest BCUT2D eigenvalue weighted by atomic mass is 10.1. The molecule has 0 aliphatic heterocycles. The normalized spacial score (nSPS) is 11.2. The molecule has 3 N–H and O–H groups in total. The van der Waals surface area contributed by atoms with Gasteiger partial charge < -0.3 is 10.3 Å². The number of benzene rings is 1. The van der Waals surface area contributed by atoms with Gasteiger partial charge in [0.15, 0.2) is 0 Å². The minimum Gasteiger partial charge on any atom is -0.333 e. The van der Waals surface area contributed by atoms with Gasteiger partial charge in [0.1, 0.15) is 6.54 Å². The molecule has 1 aromatic carbocycles. The third-order valence-corrected chi connectivity index (χ3v) is 2.39. The summed E-state index contributed by atoms with van der Waals surface area (Å²) in [5.41, 5.74) is 3.92. The van der Waals surface area contributed by atoms with E-state index in [1.54, 1.807) is 13.0 Å². The number of halogens is 3. The maximum absolute atomic E-state index is 12.2. The van der Waals surface area contributed by atoms with Crippen molar-refractivity contribution in [3.05, 3.63) is 29.3 Å². The maximum atomic E-state index is 12.2. The largest absolute Gasteiger partial charge is 0.406 e. The van der Waals surface area contributed by atoms with E-state index in [0.717, 1.165) is 7.05 Å². The third kappa shape index (κ3) is 3.63. The lowest BCUT2D eigenvalue weighted by Crippen LogP contribution is -2.35. The first-order valence-electron chi connectivity index (χ1n) is 5.14. The second kappa shape index (κ2) is 5.26. The van der Waals surface area contributed by atoms with E-state index in [1.807, 2.05) is 0 Å². The van der Waals surface area contributed by atoms with Crippen LogP contribution in [-0.4, -0.2) is 30.6 Å². The molecule has 7 heteroatoms. The fourth-order valence-electron chi connectivity index (χ4n) is 1.52. The van der Waals surface area contributed by atoms with Gasteiger partial charge in [-0.05, 0) is 30.7 Å². The van der Waals surface area contributed by atoms with Crippen LogP contribution in [-0.2, 0) is 0 Å². The van der Waals surface area contributed by atoms with Crippen molar-refractivity contribution in [2.45, 2.75) is 13.1 Å². The average molecular weight is 261 g/mol. The topological polar surface area (TPSA) is 58.4 Å². The molecule has 0 bridgehead atoms. The molecular formula is C11H14F3N3O. The summed E-state index contributed by atoms with van der Waals surface area (Å²) in [4.78, 5) is 12.4. The summed E-state index contributed by atoms with van der Waals surface area (Å²) in [5, 5.41) is 0. The molecule has 1 rings (SSSR count). The van der Waals surface area contributed by atoms with Gasteiger partial charge in [0, 0.05) is 12.6 Å². The molecule has 0 aliphatic rings. The van der Waals surface area contributed by atoms with E-state index in [1.165, 1.54) is 12.1 Å². The van der Waals surface area contributed by atoms with Crippen LogP contribution in [0.2, 0.25) is 0 Å². The average Bonchev–Trinajstić information content (AvgIpc) is 2.25. The van der Waals surface area contributed by atoms with Crippen LogP contribution in [0.3, 0.4) is 0 Å². The first kappa shape index (κ1) is 14.3. The molecule has 0 spiro atoms. The Morgan fingerprint density at radius 3 is 2.50 bits per heavy atom. The number of anilines is 1. The second-order valence-electron chi connectivity index (χ2n) is 3.95. The number of rotatable bonds is 3. The van der Waals surface area contributed by atoms with Gasteiger partial charge in [-0.25, -0.2) is 0 Å². The Balaban J connectivity index is 2.87. The highest BCUT2D eigenvalue weighted by molar-refractivity contribution is 5.94. The second-order valence-corrected chi connectivity index (χ2v) is 3.95. The summed E-state index contributed by atoms with van der Waals surface area (Å²) in [6.45, 7) is 0.428. The summed E-state index contributed by atoms with van der Waals surface area (Å²) < 4.78 is 36.5. The van der Waals surface area contributed by atoms with E-state index in [9.17, 15) is 18.0 Å². The number of aryl methyl sites for hydroxylation is 1. The molecule has 0 fully saturated rings. The van der Waals surface area contributed by atoms with Gasteiger partial charge in [0.2, 0.25) is 0 Å². The first-order chi connectivity index (χ1) is 8.24. The summed E-state index contributed by atoms with van der Waals surface area (Å²) in [5.74, 6) is 4.54. The van der Waals surface area contributed by atoms with Gasteiger partial charge in [-0.15, -0.1) is 0 Å². The molecule has 0 aromatic heterocycles. The Morgan fingerprint density at radius 1 is 1.44 bits per heavy atom. The van der Waals surface area contributed by atoms with Gasteiger partial charge in [-0.2, -0.15) is 13.2 Å². The van der Waals surface area contributed by atoms with E-state index in [4.69, 9.17) is 5.84 Å². The number of nitrogens with zero attached hydrogens (tertiary/aromatic N) is 1. The molecule has 0 atom stereocenters. The van der Waals surface area contributed by atoms with Gasteiger partial charge in [0.05, 0.1) is 5.69 Å². The maximum Gasteiger partial charge on any atom is 0.406 e. The minimum atomic E-state index is -4.40. The molecule has 0 radical (unpaired) electrons. The van der Waals surface area contributed by atoms with Crippen molar-refractivity contribution >= 4 is 11.6 Å². The highest BCUT2D eigenvalue weighted by Gasteiger charge is 2.31. The molecule has 0 saturated carbocycles. The van der Waals surface area contributed by atoms with Crippen LogP contribution in [0.15, 0.2) is 18.2 Å². The van der Waals surface area contributed by atoms with Crippen LogP contribution in [0.4, 0.5) is 18.9 Å². The summed E-state index contributed by atoms with van der Waals surface area (Å²) >= 11 is 0. The van der Waals surface area contributed by atoms with Crippen molar-refractivity contribution in [3.8, 4) is 0 Å². The SMILES string of the molecule is Cc1cc(C(=O)N(C)CC(F)(F)F)ccc1NN. The number of hydrogen-bond acceptors (Lipinski definition) is 3. The lowest BCUT2D eigenvalue weighted by Gasteiger charge is -2.19. The minimum absolute atomic E-state index is 0.193. The zero-order valence-corrected chi connectivity index (χ0v) is 10.0. The van der Waals surface area contributed by atoms with E-state index < -0.39 is 18.6 Å². The van der Waals surface area contributed by atoms with E-state index in [0.29, 0.717) is 16.2 Å². The van der Waals surface area contributed by atoms with Crippen LogP contribution in [0, 0.1) is 6.92 Å². The van der Waals surface area contributed by atoms with Crippen LogP contribution in [0.1, 0.15) is 15.9 Å². The predicted octanol–water partition coefficient (Wildman–Crippen LogP) is 1.91. The van der Waals surface area contributed by atoms with Gasteiger partial charge in [-0.3, -0.25) is 10.6 Å². The van der Waals surface area contributed by atoms with Crippen LogP contribution >= 0.6 is 0 Å². The Morgan fingerprint density at radius 2 is 2.06 bits per heavy atom. The number of alkyl halides is 3. The molecule has 0 heterocycles. The summed E-state index contributed by atoms with van der Waals surface area (Å²) in [6, 6.07) is 4.46. The van der Waals surface area contributed by atoms with E-state index in [-0.39, 0.29) is 5.56 Å². The number of nitrogen functional groups attached to an aromatic ring is 1. The quantitative estimate of drug-likeness (QED) is 0.645.